The molecular formula is C21H27NO2. The van der Waals surface area contributed by atoms with Crippen molar-refractivity contribution >= 4 is 0 Å². The fourth-order valence-corrected chi connectivity index (χ4v) is 3.34. The maximum absolute atomic E-state index is 11.6. The van der Waals surface area contributed by atoms with Crippen LogP contribution < -0.4 is 4.74 Å². The molecule has 128 valence electrons. The van der Waals surface area contributed by atoms with Crippen LogP contribution in [-0.2, 0) is 5.60 Å². The van der Waals surface area contributed by atoms with Crippen LogP contribution in [0.3, 0.4) is 0 Å². The second-order valence-electron chi connectivity index (χ2n) is 7.50. The van der Waals surface area contributed by atoms with Crippen LogP contribution in [0.15, 0.2) is 42.6 Å². The normalized spacial score (nSPS) is 23.7. The quantitative estimate of drug-likeness (QED) is 0.883. The molecule has 0 fully saturated rings. The zero-order chi connectivity index (χ0) is 17.4. The zero-order valence-corrected chi connectivity index (χ0v) is 15.0. The van der Waals surface area contributed by atoms with Crippen LogP contribution in [0.5, 0.6) is 5.75 Å². The largest absolute Gasteiger partial charge is 0.487 e. The summed E-state index contributed by atoms with van der Waals surface area (Å²) in [6.07, 6.45) is 4.15. The SMILES string of the molecule is CCC(C)c1ccc2c(c1)C(O)(c1ccccn1)CCC(C)(C)O2. The third-order valence-electron chi connectivity index (χ3n) is 5.19. The van der Waals surface area contributed by atoms with Crippen molar-refractivity contribution in [3.05, 3.63) is 59.4 Å². The number of ether oxygens (including phenoxy) is 1. The van der Waals surface area contributed by atoms with Gasteiger partial charge in [-0.3, -0.25) is 4.98 Å². The Morgan fingerprint density at radius 3 is 2.67 bits per heavy atom. The molecule has 2 aromatic rings. The highest BCUT2D eigenvalue weighted by Crippen LogP contribution is 2.45. The van der Waals surface area contributed by atoms with E-state index < -0.39 is 5.60 Å². The van der Waals surface area contributed by atoms with Crippen LogP contribution in [0.4, 0.5) is 0 Å². The van der Waals surface area contributed by atoms with Gasteiger partial charge in [0.15, 0.2) is 0 Å². The summed E-state index contributed by atoms with van der Waals surface area (Å²) in [5.41, 5.74) is 1.33. The molecule has 2 unspecified atom stereocenters. The van der Waals surface area contributed by atoms with Gasteiger partial charge in [-0.1, -0.05) is 26.0 Å². The lowest BCUT2D eigenvalue weighted by Gasteiger charge is -2.28. The number of hydrogen-bond acceptors (Lipinski definition) is 3. The first-order valence-corrected chi connectivity index (χ1v) is 8.83. The molecule has 1 N–H and O–H groups in total. The Hall–Kier alpha value is -1.87. The van der Waals surface area contributed by atoms with Crippen LogP contribution >= 0.6 is 0 Å². The maximum atomic E-state index is 11.6. The van der Waals surface area contributed by atoms with Gasteiger partial charge in [-0.05, 0) is 68.9 Å². The molecule has 1 aromatic heterocycles. The van der Waals surface area contributed by atoms with E-state index in [0.717, 1.165) is 24.2 Å². The monoisotopic (exact) mass is 325 g/mol. The van der Waals surface area contributed by atoms with Crippen molar-refractivity contribution in [3.63, 3.8) is 0 Å². The molecule has 0 amide bonds. The van der Waals surface area contributed by atoms with E-state index in [9.17, 15) is 5.11 Å². The number of aromatic nitrogens is 1. The van der Waals surface area contributed by atoms with E-state index in [1.165, 1.54) is 5.56 Å². The highest BCUT2D eigenvalue weighted by atomic mass is 16.5. The number of rotatable bonds is 3. The number of pyridine rings is 1. The number of aliphatic hydroxyl groups is 1. The van der Waals surface area contributed by atoms with Crippen LogP contribution in [0.1, 0.15) is 69.7 Å². The summed E-state index contributed by atoms with van der Waals surface area (Å²) in [5, 5.41) is 11.6. The Bertz CT molecular complexity index is 711. The second kappa shape index (κ2) is 6.21. The number of nitrogens with zero attached hydrogens (tertiary/aromatic N) is 1. The summed E-state index contributed by atoms with van der Waals surface area (Å²) in [5.74, 6) is 1.21. The van der Waals surface area contributed by atoms with Crippen molar-refractivity contribution in [2.75, 3.05) is 0 Å². The molecule has 24 heavy (non-hydrogen) atoms. The molecule has 0 bridgehead atoms. The van der Waals surface area contributed by atoms with Crippen molar-refractivity contribution in [1.82, 2.24) is 4.98 Å². The van der Waals surface area contributed by atoms with Crippen molar-refractivity contribution in [2.45, 2.75) is 64.1 Å². The number of fused-ring (bicyclic) bond motifs is 1. The fraction of sp³-hybridized carbons (Fsp3) is 0.476. The van der Waals surface area contributed by atoms with Crippen LogP contribution in [-0.4, -0.2) is 15.7 Å². The van der Waals surface area contributed by atoms with Gasteiger partial charge in [0.2, 0.25) is 0 Å². The minimum Gasteiger partial charge on any atom is -0.487 e. The molecule has 0 aliphatic carbocycles. The van der Waals surface area contributed by atoms with E-state index in [-0.39, 0.29) is 5.60 Å². The standard InChI is InChI=1S/C21H27NO2/c1-5-15(2)16-9-10-18-17(14-16)21(23,12-11-20(3,4)24-18)19-8-6-7-13-22-19/h6-10,13-15,23H,5,11-12H2,1-4H3. The van der Waals surface area contributed by atoms with Crippen molar-refractivity contribution in [2.24, 2.45) is 0 Å². The van der Waals surface area contributed by atoms with E-state index in [2.05, 4.69) is 44.8 Å². The molecule has 3 rings (SSSR count). The molecule has 0 saturated heterocycles. The predicted octanol–water partition coefficient (Wildman–Crippen LogP) is 4.78. The summed E-state index contributed by atoms with van der Waals surface area (Å²) in [6.45, 7) is 8.54. The second-order valence-corrected chi connectivity index (χ2v) is 7.50. The summed E-state index contributed by atoms with van der Waals surface area (Å²) < 4.78 is 6.24. The predicted molar refractivity (Wildman–Crippen MR) is 96.3 cm³/mol. The number of hydrogen-bond donors (Lipinski definition) is 1. The summed E-state index contributed by atoms with van der Waals surface area (Å²) in [4.78, 5) is 4.45. The molecule has 1 aromatic carbocycles. The first-order valence-electron chi connectivity index (χ1n) is 8.83. The Kier molecular flexibility index (Phi) is 4.39. The topological polar surface area (TPSA) is 42.4 Å². The van der Waals surface area contributed by atoms with Crippen LogP contribution in [0, 0.1) is 0 Å². The Balaban J connectivity index is 2.19. The third kappa shape index (κ3) is 3.05. The van der Waals surface area contributed by atoms with Gasteiger partial charge in [0, 0.05) is 11.8 Å². The fourth-order valence-electron chi connectivity index (χ4n) is 3.34. The lowest BCUT2D eigenvalue weighted by molar-refractivity contribution is 0.0505. The van der Waals surface area contributed by atoms with Gasteiger partial charge in [-0.25, -0.2) is 0 Å². The molecule has 0 spiro atoms. The lowest BCUT2D eigenvalue weighted by Crippen LogP contribution is -2.30. The van der Waals surface area contributed by atoms with Gasteiger partial charge < -0.3 is 9.84 Å². The Labute approximate surface area is 144 Å². The van der Waals surface area contributed by atoms with Gasteiger partial charge >= 0.3 is 0 Å². The highest BCUT2D eigenvalue weighted by molar-refractivity contribution is 5.47. The number of benzene rings is 1. The smallest absolute Gasteiger partial charge is 0.135 e. The van der Waals surface area contributed by atoms with Crippen molar-refractivity contribution in [1.29, 1.82) is 0 Å². The minimum atomic E-state index is -1.12. The summed E-state index contributed by atoms with van der Waals surface area (Å²) >= 11 is 0. The van der Waals surface area contributed by atoms with Gasteiger partial charge in [-0.15, -0.1) is 0 Å². The van der Waals surface area contributed by atoms with E-state index in [0.29, 0.717) is 18.0 Å². The maximum Gasteiger partial charge on any atom is 0.135 e. The van der Waals surface area contributed by atoms with E-state index in [4.69, 9.17) is 4.74 Å². The Morgan fingerprint density at radius 2 is 2.00 bits per heavy atom. The van der Waals surface area contributed by atoms with Gasteiger partial charge in [0.25, 0.3) is 0 Å². The summed E-state index contributed by atoms with van der Waals surface area (Å²) in [6, 6.07) is 11.9. The van der Waals surface area contributed by atoms with Gasteiger partial charge in [-0.2, -0.15) is 0 Å². The third-order valence-corrected chi connectivity index (χ3v) is 5.19. The molecule has 0 saturated carbocycles. The first-order chi connectivity index (χ1) is 11.4. The minimum absolute atomic E-state index is 0.314. The first kappa shape index (κ1) is 17.0. The molecule has 3 heteroatoms. The van der Waals surface area contributed by atoms with Crippen molar-refractivity contribution in [3.8, 4) is 5.75 Å². The molecule has 0 radical (unpaired) electrons. The zero-order valence-electron chi connectivity index (χ0n) is 15.0. The molecular weight excluding hydrogens is 298 g/mol. The molecule has 1 aliphatic heterocycles. The van der Waals surface area contributed by atoms with Gasteiger partial charge in [0.05, 0.1) is 5.69 Å². The van der Waals surface area contributed by atoms with Crippen LogP contribution in [0.25, 0.3) is 0 Å². The Morgan fingerprint density at radius 1 is 1.21 bits per heavy atom. The molecule has 2 atom stereocenters. The van der Waals surface area contributed by atoms with Crippen LogP contribution in [0.2, 0.25) is 0 Å². The van der Waals surface area contributed by atoms with Crippen molar-refractivity contribution < 1.29 is 9.84 Å². The van der Waals surface area contributed by atoms with Gasteiger partial charge in [0.1, 0.15) is 17.0 Å². The average molecular weight is 325 g/mol. The molecule has 2 heterocycles. The molecule has 3 nitrogen and oxygen atoms in total. The highest BCUT2D eigenvalue weighted by Gasteiger charge is 2.41. The van der Waals surface area contributed by atoms with E-state index in [1.807, 2.05) is 24.3 Å². The summed E-state index contributed by atoms with van der Waals surface area (Å²) in [7, 11) is 0. The lowest BCUT2D eigenvalue weighted by atomic mass is 9.82. The average Bonchev–Trinajstić information content (AvgIpc) is 2.69. The molecule has 1 aliphatic rings. The van der Waals surface area contributed by atoms with E-state index in [1.54, 1.807) is 6.20 Å². The van der Waals surface area contributed by atoms with E-state index >= 15 is 0 Å².